The average Bonchev–Trinajstić information content (AvgIpc) is 2.86. The molecule has 3 rings (SSSR count). The van der Waals surface area contributed by atoms with E-state index in [2.05, 4.69) is 19.2 Å². The fourth-order valence-electron chi connectivity index (χ4n) is 5.62. The molecule has 2 aromatic carbocycles. The van der Waals surface area contributed by atoms with Crippen LogP contribution in [-0.2, 0) is 27.1 Å². The normalized spacial score (nSPS) is 19.0. The van der Waals surface area contributed by atoms with Gasteiger partial charge < -0.3 is 24.3 Å². The third-order valence-electron chi connectivity index (χ3n) is 7.16. The minimum Gasteiger partial charge on any atom is -0.493 e. The zero-order valence-corrected chi connectivity index (χ0v) is 22.5. The second-order valence-electron chi connectivity index (χ2n) is 9.91. The summed E-state index contributed by atoms with van der Waals surface area (Å²) < 4.78 is 50.1. The van der Waals surface area contributed by atoms with Crippen molar-refractivity contribution in [3.05, 3.63) is 58.7 Å². The second-order valence-corrected chi connectivity index (χ2v) is 9.91. The molecular weight excluding hydrogens is 480 g/mol. The summed E-state index contributed by atoms with van der Waals surface area (Å²) in [6.07, 6.45) is 3.11. The highest BCUT2D eigenvalue weighted by Crippen LogP contribution is 2.48. The van der Waals surface area contributed by atoms with Crippen LogP contribution in [0.1, 0.15) is 55.7 Å². The molecule has 1 aliphatic rings. The van der Waals surface area contributed by atoms with Gasteiger partial charge in [0.1, 0.15) is 18.0 Å². The molecule has 204 valence electrons. The molecule has 0 bridgehead atoms. The number of nitrogens with one attached hydrogen (secondary N) is 1. The highest BCUT2D eigenvalue weighted by molar-refractivity contribution is 5.71. The van der Waals surface area contributed by atoms with Crippen LogP contribution >= 0.6 is 0 Å². The fraction of sp³-hybridized carbons (Fsp3) is 0.552. The summed E-state index contributed by atoms with van der Waals surface area (Å²) in [6.45, 7) is 5.38. The molecule has 0 spiro atoms. The van der Waals surface area contributed by atoms with Crippen molar-refractivity contribution < 1.29 is 32.5 Å². The first-order valence-corrected chi connectivity index (χ1v) is 12.9. The molecule has 0 unspecified atom stereocenters. The standard InChI is InChI=1S/C29H39F2NO5/c1-19(2)26-23-10-9-22(30)17-21(23)12-13-29(26,37-25(33)18-34-3)14-16-32-15-6-7-20-8-11-24(35-4)28(36-5)27(20)31/h8-11,17,19,26,32H,6-7,12-16,18H2,1-5H3/t26-,29-/m1/s1. The van der Waals surface area contributed by atoms with Gasteiger partial charge in [-0.2, -0.15) is 0 Å². The monoisotopic (exact) mass is 519 g/mol. The van der Waals surface area contributed by atoms with Gasteiger partial charge in [0.15, 0.2) is 17.3 Å². The van der Waals surface area contributed by atoms with E-state index in [0.717, 1.165) is 17.5 Å². The molecule has 0 saturated carbocycles. The molecule has 1 N–H and O–H groups in total. The van der Waals surface area contributed by atoms with Gasteiger partial charge in [0, 0.05) is 19.4 Å². The van der Waals surface area contributed by atoms with Gasteiger partial charge in [-0.25, -0.2) is 13.6 Å². The number of methoxy groups -OCH3 is 3. The number of ether oxygens (including phenoxy) is 4. The Bertz CT molecular complexity index is 1060. The Kier molecular flexibility index (Phi) is 10.3. The van der Waals surface area contributed by atoms with E-state index in [-0.39, 0.29) is 30.0 Å². The lowest BCUT2D eigenvalue weighted by Crippen LogP contribution is -2.49. The van der Waals surface area contributed by atoms with Crippen molar-refractivity contribution in [2.75, 3.05) is 41.0 Å². The number of hydrogen-bond acceptors (Lipinski definition) is 6. The van der Waals surface area contributed by atoms with E-state index >= 15 is 0 Å². The van der Waals surface area contributed by atoms with Gasteiger partial charge in [0.25, 0.3) is 0 Å². The quantitative estimate of drug-likeness (QED) is 0.290. The summed E-state index contributed by atoms with van der Waals surface area (Å²) in [6, 6.07) is 8.33. The topological polar surface area (TPSA) is 66.0 Å². The maximum Gasteiger partial charge on any atom is 0.332 e. The lowest BCUT2D eigenvalue weighted by Gasteiger charge is -2.46. The Morgan fingerprint density at radius 2 is 1.89 bits per heavy atom. The molecule has 0 aliphatic heterocycles. The first-order chi connectivity index (χ1) is 17.8. The summed E-state index contributed by atoms with van der Waals surface area (Å²) in [4.78, 5) is 12.6. The highest BCUT2D eigenvalue weighted by Gasteiger charge is 2.47. The third-order valence-corrected chi connectivity index (χ3v) is 7.16. The zero-order chi connectivity index (χ0) is 27.0. The minimum absolute atomic E-state index is 0.0692. The number of esters is 1. The Balaban J connectivity index is 1.67. The summed E-state index contributed by atoms with van der Waals surface area (Å²) in [5, 5.41) is 3.44. The number of fused-ring (bicyclic) bond motifs is 1. The van der Waals surface area contributed by atoms with Gasteiger partial charge >= 0.3 is 5.97 Å². The Morgan fingerprint density at radius 1 is 1.11 bits per heavy atom. The fourth-order valence-corrected chi connectivity index (χ4v) is 5.62. The minimum atomic E-state index is -0.725. The predicted octanol–water partition coefficient (Wildman–Crippen LogP) is 5.21. The van der Waals surface area contributed by atoms with Gasteiger partial charge in [-0.15, -0.1) is 0 Å². The van der Waals surface area contributed by atoms with Crippen LogP contribution in [0.3, 0.4) is 0 Å². The second kappa shape index (κ2) is 13.2. The molecule has 1 aliphatic carbocycles. The van der Waals surface area contributed by atoms with Gasteiger partial charge in [0.05, 0.1) is 14.2 Å². The van der Waals surface area contributed by atoms with Crippen LogP contribution in [0.5, 0.6) is 11.5 Å². The predicted molar refractivity (Wildman–Crippen MR) is 138 cm³/mol. The van der Waals surface area contributed by atoms with Crippen molar-refractivity contribution in [3.8, 4) is 11.5 Å². The number of aryl methyl sites for hydroxylation is 2. The van der Waals surface area contributed by atoms with Crippen LogP contribution in [0.15, 0.2) is 30.3 Å². The summed E-state index contributed by atoms with van der Waals surface area (Å²) in [5.41, 5.74) is 1.86. The van der Waals surface area contributed by atoms with Gasteiger partial charge in [-0.1, -0.05) is 26.0 Å². The van der Waals surface area contributed by atoms with Gasteiger partial charge in [0.2, 0.25) is 0 Å². The molecular formula is C29H39F2NO5. The summed E-state index contributed by atoms with van der Waals surface area (Å²) in [5.74, 6) is -0.465. The molecule has 0 heterocycles. The van der Waals surface area contributed by atoms with Crippen molar-refractivity contribution in [1.82, 2.24) is 5.32 Å². The maximum absolute atomic E-state index is 14.7. The lowest BCUT2D eigenvalue weighted by atomic mass is 9.65. The summed E-state index contributed by atoms with van der Waals surface area (Å²) >= 11 is 0. The van der Waals surface area contributed by atoms with E-state index in [0.29, 0.717) is 50.1 Å². The summed E-state index contributed by atoms with van der Waals surface area (Å²) in [7, 11) is 4.37. The van der Waals surface area contributed by atoms with Crippen molar-refractivity contribution >= 4 is 5.97 Å². The van der Waals surface area contributed by atoms with E-state index < -0.39 is 17.4 Å². The van der Waals surface area contributed by atoms with E-state index in [1.165, 1.54) is 27.4 Å². The van der Waals surface area contributed by atoms with E-state index in [9.17, 15) is 13.6 Å². The number of carbonyl (C=O) groups is 1. The molecule has 0 amide bonds. The van der Waals surface area contributed by atoms with Crippen LogP contribution in [0.2, 0.25) is 0 Å². The van der Waals surface area contributed by atoms with Gasteiger partial charge in [-0.3, -0.25) is 0 Å². The highest BCUT2D eigenvalue weighted by atomic mass is 19.1. The molecule has 0 fully saturated rings. The SMILES string of the molecule is COCC(=O)O[C@@]1(CCNCCCc2ccc(OC)c(OC)c2F)CCc2cc(F)ccc2[C@H]1C(C)C. The van der Waals surface area contributed by atoms with Crippen molar-refractivity contribution in [2.24, 2.45) is 5.92 Å². The lowest BCUT2D eigenvalue weighted by molar-refractivity contribution is -0.171. The Labute approximate surface area is 218 Å². The number of benzene rings is 2. The van der Waals surface area contributed by atoms with Crippen molar-refractivity contribution in [1.29, 1.82) is 0 Å². The van der Waals surface area contributed by atoms with Crippen LogP contribution in [0.25, 0.3) is 0 Å². The smallest absolute Gasteiger partial charge is 0.332 e. The zero-order valence-electron chi connectivity index (χ0n) is 22.5. The molecule has 0 aromatic heterocycles. The molecule has 2 atom stereocenters. The molecule has 2 aromatic rings. The van der Waals surface area contributed by atoms with Crippen molar-refractivity contribution in [3.63, 3.8) is 0 Å². The molecule has 6 nitrogen and oxygen atoms in total. The first kappa shape index (κ1) is 28.9. The molecule has 8 heteroatoms. The van der Waals surface area contributed by atoms with E-state index in [4.69, 9.17) is 18.9 Å². The largest absolute Gasteiger partial charge is 0.493 e. The van der Waals surface area contributed by atoms with E-state index in [1.807, 2.05) is 6.07 Å². The molecule has 0 radical (unpaired) electrons. The Morgan fingerprint density at radius 3 is 2.57 bits per heavy atom. The Hall–Kier alpha value is -2.71. The number of halogens is 2. The van der Waals surface area contributed by atoms with Crippen LogP contribution in [-0.4, -0.2) is 52.6 Å². The van der Waals surface area contributed by atoms with Crippen LogP contribution in [0, 0.1) is 17.6 Å². The molecule has 0 saturated heterocycles. The van der Waals surface area contributed by atoms with Crippen LogP contribution < -0.4 is 14.8 Å². The van der Waals surface area contributed by atoms with Crippen molar-refractivity contribution in [2.45, 2.75) is 57.5 Å². The number of hydrogen-bond donors (Lipinski definition) is 1. The average molecular weight is 520 g/mol. The first-order valence-electron chi connectivity index (χ1n) is 12.9. The number of carbonyl (C=O) groups excluding carboxylic acids is 1. The molecule has 37 heavy (non-hydrogen) atoms. The third kappa shape index (κ3) is 6.79. The number of rotatable bonds is 13. The maximum atomic E-state index is 14.7. The van der Waals surface area contributed by atoms with Crippen LogP contribution in [0.4, 0.5) is 8.78 Å². The van der Waals surface area contributed by atoms with E-state index in [1.54, 1.807) is 18.2 Å². The van der Waals surface area contributed by atoms with Gasteiger partial charge in [-0.05, 0) is 79.6 Å².